The summed E-state index contributed by atoms with van der Waals surface area (Å²) in [6, 6.07) is 12.6. The second-order valence-corrected chi connectivity index (χ2v) is 7.53. The van der Waals surface area contributed by atoms with Crippen molar-refractivity contribution in [3.8, 4) is 17.6 Å². The van der Waals surface area contributed by atoms with Crippen molar-refractivity contribution in [3.05, 3.63) is 65.5 Å². The van der Waals surface area contributed by atoms with Gasteiger partial charge in [0.1, 0.15) is 23.4 Å². The standard InChI is InChI=1S/C24H26FN3O4/c1-31-23-8-2-17(13-26)12-18(23)3-9-24(30)27-20(16-29)10-11-28-14-22(15-28)32-21-6-4-19(25)5-7-21/h2-9,12,20,22,29H,10-11,14-16H2,1H3,(H,27,30)/b9-3+. The first-order valence-corrected chi connectivity index (χ1v) is 10.3. The number of methoxy groups -OCH3 is 1. The van der Waals surface area contributed by atoms with Gasteiger partial charge in [-0.2, -0.15) is 5.26 Å². The number of likely N-dealkylation sites (tertiary alicyclic amines) is 1. The van der Waals surface area contributed by atoms with Crippen LogP contribution in [0.15, 0.2) is 48.5 Å². The summed E-state index contributed by atoms with van der Waals surface area (Å²) in [5, 5.41) is 21.4. The average molecular weight is 439 g/mol. The summed E-state index contributed by atoms with van der Waals surface area (Å²) in [5.74, 6) is 0.561. The van der Waals surface area contributed by atoms with Crippen LogP contribution in [0.4, 0.5) is 4.39 Å². The highest BCUT2D eigenvalue weighted by Crippen LogP contribution is 2.21. The Kier molecular flexibility index (Phi) is 8.20. The van der Waals surface area contributed by atoms with Gasteiger partial charge in [-0.1, -0.05) is 0 Å². The van der Waals surface area contributed by atoms with E-state index in [0.717, 1.165) is 13.1 Å². The lowest BCUT2D eigenvalue weighted by Gasteiger charge is -2.39. The quantitative estimate of drug-likeness (QED) is 0.552. The molecule has 1 atom stereocenters. The molecule has 1 unspecified atom stereocenters. The number of amides is 1. The summed E-state index contributed by atoms with van der Waals surface area (Å²) >= 11 is 0. The van der Waals surface area contributed by atoms with Crippen LogP contribution in [-0.4, -0.2) is 61.4 Å². The topological polar surface area (TPSA) is 94.8 Å². The van der Waals surface area contributed by atoms with E-state index < -0.39 is 0 Å². The van der Waals surface area contributed by atoms with E-state index in [4.69, 9.17) is 14.7 Å². The van der Waals surface area contributed by atoms with Gasteiger partial charge in [0.15, 0.2) is 0 Å². The smallest absolute Gasteiger partial charge is 0.244 e. The van der Waals surface area contributed by atoms with Gasteiger partial charge in [0.25, 0.3) is 0 Å². The molecule has 0 aliphatic carbocycles. The third-order valence-corrected chi connectivity index (χ3v) is 5.17. The lowest BCUT2D eigenvalue weighted by Crippen LogP contribution is -2.54. The SMILES string of the molecule is COc1ccc(C#N)cc1/C=C/C(=O)NC(CO)CCN1CC(Oc2ccc(F)cc2)C1. The number of ether oxygens (including phenoxy) is 2. The number of benzene rings is 2. The third-order valence-electron chi connectivity index (χ3n) is 5.17. The second kappa shape index (κ2) is 11.3. The summed E-state index contributed by atoms with van der Waals surface area (Å²) in [6.07, 6.45) is 3.57. The Morgan fingerprint density at radius 2 is 2.09 bits per heavy atom. The summed E-state index contributed by atoms with van der Waals surface area (Å²) in [4.78, 5) is 14.4. The molecule has 3 rings (SSSR count). The number of nitrogens with one attached hydrogen (secondary N) is 1. The summed E-state index contributed by atoms with van der Waals surface area (Å²) in [6.45, 7) is 2.00. The third kappa shape index (κ3) is 6.54. The molecule has 0 bridgehead atoms. The first kappa shape index (κ1) is 23.3. The minimum absolute atomic E-state index is 0.0460. The van der Waals surface area contributed by atoms with Gasteiger partial charge in [-0.25, -0.2) is 4.39 Å². The fourth-order valence-electron chi connectivity index (χ4n) is 3.38. The van der Waals surface area contributed by atoms with E-state index in [9.17, 15) is 14.3 Å². The molecule has 8 heteroatoms. The highest BCUT2D eigenvalue weighted by molar-refractivity contribution is 5.92. The maximum absolute atomic E-state index is 12.9. The molecular weight excluding hydrogens is 413 g/mol. The number of carbonyl (C=O) groups is 1. The van der Waals surface area contributed by atoms with Crippen molar-refractivity contribution >= 4 is 12.0 Å². The van der Waals surface area contributed by atoms with Crippen LogP contribution in [0.1, 0.15) is 17.5 Å². The molecule has 7 nitrogen and oxygen atoms in total. The molecule has 0 spiro atoms. The number of nitrogens with zero attached hydrogens (tertiary/aromatic N) is 2. The highest BCUT2D eigenvalue weighted by Gasteiger charge is 2.28. The number of hydrogen-bond acceptors (Lipinski definition) is 6. The molecule has 1 aliphatic heterocycles. The molecule has 1 fully saturated rings. The Hall–Kier alpha value is -3.41. The molecule has 0 saturated carbocycles. The number of aliphatic hydroxyl groups excluding tert-OH is 1. The van der Waals surface area contributed by atoms with Crippen LogP contribution >= 0.6 is 0 Å². The maximum Gasteiger partial charge on any atom is 0.244 e. The van der Waals surface area contributed by atoms with Crippen LogP contribution in [-0.2, 0) is 4.79 Å². The van der Waals surface area contributed by atoms with Gasteiger partial charge < -0.3 is 19.9 Å². The Labute approximate surface area is 186 Å². The number of aliphatic hydroxyl groups is 1. The lowest BCUT2D eigenvalue weighted by atomic mass is 10.1. The minimum Gasteiger partial charge on any atom is -0.496 e. The molecule has 0 aromatic heterocycles. The van der Waals surface area contributed by atoms with Crippen LogP contribution in [0.3, 0.4) is 0 Å². The molecule has 2 aromatic carbocycles. The molecular formula is C24H26FN3O4. The fraction of sp³-hybridized carbons (Fsp3) is 0.333. The van der Waals surface area contributed by atoms with E-state index in [1.807, 2.05) is 0 Å². The van der Waals surface area contributed by atoms with Gasteiger partial charge in [0.2, 0.25) is 5.91 Å². The summed E-state index contributed by atoms with van der Waals surface area (Å²) in [5.41, 5.74) is 1.09. The first-order valence-electron chi connectivity index (χ1n) is 10.3. The number of carbonyl (C=O) groups excluding carboxylic acids is 1. The molecule has 2 N–H and O–H groups in total. The van der Waals surface area contributed by atoms with Crippen molar-refractivity contribution in [2.45, 2.75) is 18.6 Å². The zero-order chi connectivity index (χ0) is 22.9. The predicted octanol–water partition coefficient (Wildman–Crippen LogP) is 2.35. The number of nitriles is 1. The second-order valence-electron chi connectivity index (χ2n) is 7.53. The predicted molar refractivity (Wildman–Crippen MR) is 118 cm³/mol. The van der Waals surface area contributed by atoms with Crippen molar-refractivity contribution in [2.75, 3.05) is 33.4 Å². The Morgan fingerprint density at radius 1 is 1.34 bits per heavy atom. The molecule has 168 valence electrons. The van der Waals surface area contributed by atoms with Gasteiger partial charge in [-0.05, 0) is 55.0 Å². The van der Waals surface area contributed by atoms with Gasteiger partial charge in [0.05, 0.1) is 31.4 Å². The van der Waals surface area contributed by atoms with Crippen molar-refractivity contribution in [3.63, 3.8) is 0 Å². The van der Waals surface area contributed by atoms with Gasteiger partial charge in [-0.3, -0.25) is 9.69 Å². The molecule has 1 aliphatic rings. The van der Waals surface area contributed by atoms with Crippen LogP contribution in [0.2, 0.25) is 0 Å². The monoisotopic (exact) mass is 439 g/mol. The average Bonchev–Trinajstić information content (AvgIpc) is 2.79. The van der Waals surface area contributed by atoms with Gasteiger partial charge in [-0.15, -0.1) is 0 Å². The van der Waals surface area contributed by atoms with E-state index in [1.165, 1.54) is 25.3 Å². The van der Waals surface area contributed by atoms with Crippen molar-refractivity contribution in [1.82, 2.24) is 10.2 Å². The Bertz CT molecular complexity index is 982. The molecule has 0 radical (unpaired) electrons. The first-order chi connectivity index (χ1) is 15.5. The van der Waals surface area contributed by atoms with E-state index >= 15 is 0 Å². The lowest BCUT2D eigenvalue weighted by molar-refractivity contribution is -0.117. The highest BCUT2D eigenvalue weighted by atomic mass is 19.1. The van der Waals surface area contributed by atoms with Crippen LogP contribution in [0.5, 0.6) is 11.5 Å². The molecule has 1 saturated heterocycles. The zero-order valence-corrected chi connectivity index (χ0v) is 17.8. The molecule has 32 heavy (non-hydrogen) atoms. The maximum atomic E-state index is 12.9. The van der Waals surface area contributed by atoms with Crippen molar-refractivity contribution in [1.29, 1.82) is 5.26 Å². The fourth-order valence-corrected chi connectivity index (χ4v) is 3.38. The Balaban J connectivity index is 1.42. The summed E-state index contributed by atoms with van der Waals surface area (Å²) in [7, 11) is 1.52. The van der Waals surface area contributed by atoms with E-state index in [1.54, 1.807) is 36.4 Å². The van der Waals surface area contributed by atoms with Crippen LogP contribution in [0, 0.1) is 17.1 Å². The normalized spacial score (nSPS) is 15.1. The zero-order valence-electron chi connectivity index (χ0n) is 17.8. The molecule has 2 aromatic rings. The van der Waals surface area contributed by atoms with Crippen LogP contribution < -0.4 is 14.8 Å². The minimum atomic E-state index is -0.378. The van der Waals surface area contributed by atoms with E-state index in [0.29, 0.717) is 35.6 Å². The van der Waals surface area contributed by atoms with Crippen molar-refractivity contribution in [2.24, 2.45) is 0 Å². The Morgan fingerprint density at radius 3 is 2.75 bits per heavy atom. The summed E-state index contributed by atoms with van der Waals surface area (Å²) < 4.78 is 24.0. The molecule has 1 amide bonds. The van der Waals surface area contributed by atoms with Crippen molar-refractivity contribution < 1.29 is 23.8 Å². The van der Waals surface area contributed by atoms with Gasteiger partial charge >= 0.3 is 0 Å². The molecule has 1 heterocycles. The number of rotatable bonds is 10. The largest absolute Gasteiger partial charge is 0.496 e. The van der Waals surface area contributed by atoms with Crippen LogP contribution in [0.25, 0.3) is 6.08 Å². The number of halogens is 1. The van der Waals surface area contributed by atoms with E-state index in [-0.39, 0.29) is 30.5 Å². The van der Waals surface area contributed by atoms with Gasteiger partial charge in [0, 0.05) is 31.3 Å². The number of hydrogen-bond donors (Lipinski definition) is 2. The van der Waals surface area contributed by atoms with E-state index in [2.05, 4.69) is 16.3 Å².